The molecule has 0 aliphatic heterocycles. The van der Waals surface area contributed by atoms with Crippen molar-refractivity contribution >= 4 is 23.6 Å². The lowest BCUT2D eigenvalue weighted by Crippen LogP contribution is -2.36. The van der Waals surface area contributed by atoms with Crippen LogP contribution in [0.2, 0.25) is 5.02 Å². The third-order valence-electron chi connectivity index (χ3n) is 4.81. The van der Waals surface area contributed by atoms with Gasteiger partial charge >= 0.3 is 0 Å². The summed E-state index contributed by atoms with van der Waals surface area (Å²) < 4.78 is 1.91. The first-order valence-electron chi connectivity index (χ1n) is 8.95. The summed E-state index contributed by atoms with van der Waals surface area (Å²) in [6.07, 6.45) is 8.99. The number of hydrogen-bond donors (Lipinski definition) is 1. The molecule has 1 aromatic heterocycles. The van der Waals surface area contributed by atoms with E-state index in [0.717, 1.165) is 42.6 Å². The summed E-state index contributed by atoms with van der Waals surface area (Å²) in [6, 6.07) is 11.8. The molecule has 2 aromatic rings. The van der Waals surface area contributed by atoms with Crippen LogP contribution in [0.25, 0.3) is 11.8 Å². The second-order valence-electron chi connectivity index (χ2n) is 6.71. The van der Waals surface area contributed by atoms with Crippen LogP contribution in [0.15, 0.2) is 42.1 Å². The highest BCUT2D eigenvalue weighted by molar-refractivity contribution is 6.31. The number of hydrogen-bond acceptors (Lipinski definition) is 2. The number of nitrogens with zero attached hydrogens (tertiary/aromatic N) is 2. The molecular formula is C21H22ClN3O. The molecule has 5 heteroatoms. The molecule has 1 N–H and O–H groups in total. The Bertz CT molecular complexity index is 870. The van der Waals surface area contributed by atoms with Crippen molar-refractivity contribution in [2.24, 2.45) is 0 Å². The van der Waals surface area contributed by atoms with Crippen LogP contribution >= 0.6 is 11.6 Å². The Balaban J connectivity index is 1.83. The number of amides is 1. The molecule has 3 rings (SSSR count). The van der Waals surface area contributed by atoms with Gasteiger partial charge in [0.15, 0.2) is 0 Å². The van der Waals surface area contributed by atoms with Crippen LogP contribution in [-0.4, -0.2) is 16.5 Å². The molecule has 0 bridgehead atoms. The number of nitriles is 1. The molecule has 0 saturated heterocycles. The van der Waals surface area contributed by atoms with Gasteiger partial charge in [-0.1, -0.05) is 36.9 Å². The maximum atomic E-state index is 12.5. The Kier molecular flexibility index (Phi) is 5.80. The second kappa shape index (κ2) is 8.25. The topological polar surface area (TPSA) is 57.8 Å². The summed E-state index contributed by atoms with van der Waals surface area (Å²) >= 11 is 6.23. The number of carbonyl (C=O) groups excluding carboxylic acids is 1. The molecule has 0 radical (unpaired) electrons. The van der Waals surface area contributed by atoms with Crippen LogP contribution in [-0.2, 0) is 4.79 Å². The molecule has 1 amide bonds. The van der Waals surface area contributed by atoms with Crippen molar-refractivity contribution in [3.05, 3.63) is 58.4 Å². The van der Waals surface area contributed by atoms with E-state index < -0.39 is 0 Å². The molecule has 1 aliphatic carbocycles. The van der Waals surface area contributed by atoms with Crippen LogP contribution in [0.4, 0.5) is 0 Å². The van der Waals surface area contributed by atoms with E-state index in [-0.39, 0.29) is 17.5 Å². The number of aryl methyl sites for hydroxylation is 1. The third-order valence-corrected chi connectivity index (χ3v) is 5.22. The summed E-state index contributed by atoms with van der Waals surface area (Å²) in [6.45, 7) is 1.95. The van der Waals surface area contributed by atoms with E-state index in [1.54, 1.807) is 6.08 Å². The predicted octanol–water partition coefficient (Wildman–Crippen LogP) is 4.80. The standard InChI is InChI=1S/C21H22ClN3O/c1-15-9-10-19(13-20(15)22)25-11-5-8-18(25)12-16(14-23)21(26)24-17-6-3-2-4-7-17/h5,8-13,17H,2-4,6-7H2,1H3,(H,24,26)/b16-12-. The van der Waals surface area contributed by atoms with E-state index in [4.69, 9.17) is 11.6 Å². The first kappa shape index (κ1) is 18.3. The minimum absolute atomic E-state index is 0.119. The minimum Gasteiger partial charge on any atom is -0.349 e. The SMILES string of the molecule is Cc1ccc(-n2cccc2/C=C(/C#N)C(=O)NC2CCCCC2)cc1Cl. The molecule has 0 atom stereocenters. The molecule has 1 saturated carbocycles. The lowest BCUT2D eigenvalue weighted by Gasteiger charge is -2.22. The van der Waals surface area contributed by atoms with E-state index in [2.05, 4.69) is 5.32 Å². The molecule has 26 heavy (non-hydrogen) atoms. The molecule has 0 unspecified atom stereocenters. The Morgan fingerprint density at radius 2 is 2.08 bits per heavy atom. The van der Waals surface area contributed by atoms with Gasteiger partial charge in [0.1, 0.15) is 11.6 Å². The van der Waals surface area contributed by atoms with Crippen molar-refractivity contribution in [1.82, 2.24) is 9.88 Å². The Hall–Kier alpha value is -2.51. The number of carbonyl (C=O) groups is 1. The monoisotopic (exact) mass is 367 g/mol. The molecule has 0 spiro atoms. The van der Waals surface area contributed by atoms with Gasteiger partial charge in [0.2, 0.25) is 0 Å². The van der Waals surface area contributed by atoms with Gasteiger partial charge in [-0.25, -0.2) is 0 Å². The fourth-order valence-corrected chi connectivity index (χ4v) is 3.46. The van der Waals surface area contributed by atoms with Crippen molar-refractivity contribution < 1.29 is 4.79 Å². The Labute approximate surface area is 159 Å². The van der Waals surface area contributed by atoms with E-state index in [0.29, 0.717) is 5.02 Å². The van der Waals surface area contributed by atoms with Crippen molar-refractivity contribution in [2.75, 3.05) is 0 Å². The van der Waals surface area contributed by atoms with Gasteiger partial charge in [-0.05, 0) is 55.7 Å². The zero-order chi connectivity index (χ0) is 18.5. The zero-order valence-corrected chi connectivity index (χ0v) is 15.6. The highest BCUT2D eigenvalue weighted by Gasteiger charge is 2.18. The number of rotatable bonds is 4. The van der Waals surface area contributed by atoms with Crippen LogP contribution < -0.4 is 5.32 Å². The van der Waals surface area contributed by atoms with Gasteiger partial charge in [-0.15, -0.1) is 0 Å². The highest BCUT2D eigenvalue weighted by Crippen LogP contribution is 2.22. The average Bonchev–Trinajstić information content (AvgIpc) is 3.11. The van der Waals surface area contributed by atoms with Crippen LogP contribution in [0.3, 0.4) is 0 Å². The van der Waals surface area contributed by atoms with Crippen LogP contribution in [0.5, 0.6) is 0 Å². The van der Waals surface area contributed by atoms with Gasteiger partial charge in [0.25, 0.3) is 5.91 Å². The van der Waals surface area contributed by atoms with E-state index in [1.807, 2.05) is 54.1 Å². The zero-order valence-electron chi connectivity index (χ0n) is 14.8. The van der Waals surface area contributed by atoms with Gasteiger partial charge in [-0.2, -0.15) is 5.26 Å². The maximum absolute atomic E-state index is 12.5. The number of benzene rings is 1. The maximum Gasteiger partial charge on any atom is 0.262 e. The Morgan fingerprint density at radius 3 is 2.77 bits per heavy atom. The number of halogens is 1. The normalized spacial score (nSPS) is 15.5. The van der Waals surface area contributed by atoms with Gasteiger partial charge in [0, 0.05) is 28.6 Å². The molecule has 1 aromatic carbocycles. The molecule has 134 valence electrons. The van der Waals surface area contributed by atoms with Crippen molar-refractivity contribution in [2.45, 2.75) is 45.1 Å². The lowest BCUT2D eigenvalue weighted by molar-refractivity contribution is -0.117. The smallest absolute Gasteiger partial charge is 0.262 e. The second-order valence-corrected chi connectivity index (χ2v) is 7.12. The summed E-state index contributed by atoms with van der Waals surface area (Å²) in [5.41, 5.74) is 2.78. The summed E-state index contributed by atoms with van der Waals surface area (Å²) in [5.74, 6) is -0.297. The summed E-state index contributed by atoms with van der Waals surface area (Å²) in [4.78, 5) is 12.5. The van der Waals surface area contributed by atoms with E-state index >= 15 is 0 Å². The first-order chi connectivity index (χ1) is 12.6. The van der Waals surface area contributed by atoms with Crippen molar-refractivity contribution in [3.8, 4) is 11.8 Å². The van der Waals surface area contributed by atoms with Gasteiger partial charge in [-0.3, -0.25) is 4.79 Å². The molecule has 4 nitrogen and oxygen atoms in total. The van der Waals surface area contributed by atoms with Gasteiger partial charge < -0.3 is 9.88 Å². The van der Waals surface area contributed by atoms with E-state index in [1.165, 1.54) is 6.42 Å². The fraction of sp³-hybridized carbons (Fsp3) is 0.333. The quantitative estimate of drug-likeness (QED) is 0.623. The third kappa shape index (κ3) is 4.17. The summed E-state index contributed by atoms with van der Waals surface area (Å²) in [5, 5.41) is 13.1. The van der Waals surface area contributed by atoms with Crippen LogP contribution in [0, 0.1) is 18.3 Å². The minimum atomic E-state index is -0.297. The molecular weight excluding hydrogens is 346 g/mol. The molecule has 1 aliphatic rings. The first-order valence-corrected chi connectivity index (χ1v) is 9.33. The Morgan fingerprint density at radius 1 is 1.31 bits per heavy atom. The number of nitrogens with one attached hydrogen (secondary N) is 1. The number of aromatic nitrogens is 1. The van der Waals surface area contributed by atoms with Crippen LogP contribution in [0.1, 0.15) is 43.4 Å². The summed E-state index contributed by atoms with van der Waals surface area (Å²) in [7, 11) is 0. The average molecular weight is 368 g/mol. The van der Waals surface area contributed by atoms with E-state index in [9.17, 15) is 10.1 Å². The fourth-order valence-electron chi connectivity index (χ4n) is 3.29. The largest absolute Gasteiger partial charge is 0.349 e. The van der Waals surface area contributed by atoms with Crippen molar-refractivity contribution in [1.29, 1.82) is 5.26 Å². The van der Waals surface area contributed by atoms with Gasteiger partial charge in [0.05, 0.1) is 0 Å². The highest BCUT2D eigenvalue weighted by atomic mass is 35.5. The molecule has 1 heterocycles. The lowest BCUT2D eigenvalue weighted by atomic mass is 9.95. The molecule has 1 fully saturated rings. The predicted molar refractivity (Wildman–Crippen MR) is 104 cm³/mol. The van der Waals surface area contributed by atoms with Crippen molar-refractivity contribution in [3.63, 3.8) is 0 Å².